The Balaban J connectivity index is 1.84. The molecule has 3 nitrogen and oxygen atoms in total. The van der Waals surface area contributed by atoms with E-state index in [9.17, 15) is 0 Å². The molecule has 1 aliphatic heterocycles. The Labute approximate surface area is 90.2 Å². The van der Waals surface area contributed by atoms with Crippen molar-refractivity contribution in [2.24, 2.45) is 0 Å². The maximum Gasteiger partial charge on any atom is 0.157 e. The van der Waals surface area contributed by atoms with Gasteiger partial charge in [0.2, 0.25) is 0 Å². The summed E-state index contributed by atoms with van der Waals surface area (Å²) in [7, 11) is 0. The van der Waals surface area contributed by atoms with Gasteiger partial charge in [0.1, 0.15) is 0 Å². The van der Waals surface area contributed by atoms with E-state index in [2.05, 4.69) is 10.5 Å². The largest absolute Gasteiger partial charge is 0.359 e. The van der Waals surface area contributed by atoms with Crippen molar-refractivity contribution in [3.8, 4) is 0 Å². The van der Waals surface area contributed by atoms with Gasteiger partial charge in [0, 0.05) is 5.56 Å². The topological polar surface area (TPSA) is 38.1 Å². The predicted molar refractivity (Wildman–Crippen MR) is 57.7 cm³/mol. The summed E-state index contributed by atoms with van der Waals surface area (Å²) in [5.74, 6) is 1.84. The van der Waals surface area contributed by atoms with E-state index in [0.717, 1.165) is 12.3 Å². The summed E-state index contributed by atoms with van der Waals surface area (Å²) in [6.07, 6.45) is 9.79. The minimum atomic E-state index is 0.433. The van der Waals surface area contributed by atoms with Crippen LogP contribution in [-0.2, 0) is 0 Å². The highest BCUT2D eigenvalue weighted by molar-refractivity contribution is 5.23. The van der Waals surface area contributed by atoms with E-state index in [-0.39, 0.29) is 0 Å². The summed E-state index contributed by atoms with van der Waals surface area (Å²) < 4.78 is 5.45. The van der Waals surface area contributed by atoms with Gasteiger partial charge in [-0.25, -0.2) is 0 Å². The molecule has 1 saturated carbocycles. The molecule has 1 aliphatic carbocycles. The van der Waals surface area contributed by atoms with Gasteiger partial charge in [-0.05, 0) is 38.1 Å². The molecule has 0 bridgehead atoms. The quantitative estimate of drug-likeness (QED) is 0.808. The summed E-state index contributed by atoms with van der Waals surface area (Å²) >= 11 is 0. The Bertz CT molecular complexity index is 292. The molecule has 2 heterocycles. The number of nitrogens with one attached hydrogen (secondary N) is 1. The lowest BCUT2D eigenvalue weighted by molar-refractivity contribution is 0.348. The molecular weight excluding hydrogens is 188 g/mol. The van der Waals surface area contributed by atoms with E-state index in [0.29, 0.717) is 12.0 Å². The molecular formula is C12H18N2O. The highest BCUT2D eigenvalue weighted by atomic mass is 16.5. The van der Waals surface area contributed by atoms with E-state index in [1.807, 2.05) is 6.20 Å². The number of rotatable bonds is 2. The molecule has 1 unspecified atom stereocenters. The summed E-state index contributed by atoms with van der Waals surface area (Å²) in [6, 6.07) is 0.433. The molecule has 2 aliphatic rings. The van der Waals surface area contributed by atoms with Crippen LogP contribution in [-0.4, -0.2) is 11.7 Å². The van der Waals surface area contributed by atoms with Crippen LogP contribution in [0.1, 0.15) is 61.8 Å². The molecule has 1 aromatic heterocycles. The van der Waals surface area contributed by atoms with Crippen molar-refractivity contribution in [1.29, 1.82) is 0 Å². The van der Waals surface area contributed by atoms with Gasteiger partial charge in [0.05, 0.1) is 12.2 Å². The third-order valence-corrected chi connectivity index (χ3v) is 3.80. The second-order valence-corrected chi connectivity index (χ2v) is 4.78. The fourth-order valence-electron chi connectivity index (χ4n) is 2.97. The van der Waals surface area contributed by atoms with Gasteiger partial charge >= 0.3 is 0 Å². The molecule has 15 heavy (non-hydrogen) atoms. The first kappa shape index (κ1) is 9.40. The fraction of sp³-hybridized carbons (Fsp3) is 0.750. The lowest BCUT2D eigenvalue weighted by Gasteiger charge is -2.12. The van der Waals surface area contributed by atoms with E-state index in [1.165, 1.54) is 44.1 Å². The summed E-state index contributed by atoms with van der Waals surface area (Å²) in [6.45, 7) is 1.12. The van der Waals surface area contributed by atoms with Crippen molar-refractivity contribution >= 4 is 0 Å². The lowest BCUT2D eigenvalue weighted by atomic mass is 9.95. The van der Waals surface area contributed by atoms with Crippen LogP contribution in [0, 0.1) is 0 Å². The van der Waals surface area contributed by atoms with Gasteiger partial charge in [-0.1, -0.05) is 18.0 Å². The monoisotopic (exact) mass is 206 g/mol. The number of hydrogen-bond acceptors (Lipinski definition) is 3. The van der Waals surface area contributed by atoms with Crippen molar-refractivity contribution in [3.05, 3.63) is 17.5 Å². The molecule has 0 spiro atoms. The van der Waals surface area contributed by atoms with Crippen LogP contribution in [0.2, 0.25) is 0 Å². The highest BCUT2D eigenvalue weighted by Crippen LogP contribution is 2.38. The van der Waals surface area contributed by atoms with Crippen molar-refractivity contribution in [1.82, 2.24) is 10.5 Å². The highest BCUT2D eigenvalue weighted by Gasteiger charge is 2.28. The Morgan fingerprint density at radius 2 is 2.07 bits per heavy atom. The van der Waals surface area contributed by atoms with E-state index >= 15 is 0 Å². The normalized spacial score (nSPS) is 27.6. The first-order valence-electron chi connectivity index (χ1n) is 6.13. The first-order chi connectivity index (χ1) is 7.45. The number of nitrogens with zero attached hydrogens (tertiary/aromatic N) is 1. The third kappa shape index (κ3) is 1.69. The Kier molecular flexibility index (Phi) is 2.49. The van der Waals surface area contributed by atoms with Gasteiger partial charge in [0.15, 0.2) is 5.76 Å². The fourth-order valence-corrected chi connectivity index (χ4v) is 2.97. The van der Waals surface area contributed by atoms with E-state index in [4.69, 9.17) is 4.52 Å². The van der Waals surface area contributed by atoms with Gasteiger partial charge in [-0.2, -0.15) is 0 Å². The average Bonchev–Trinajstić information content (AvgIpc) is 3.01. The van der Waals surface area contributed by atoms with Gasteiger partial charge in [0.25, 0.3) is 0 Å². The van der Waals surface area contributed by atoms with E-state index < -0.39 is 0 Å². The second kappa shape index (κ2) is 3.97. The molecule has 1 N–H and O–H groups in total. The molecule has 0 radical (unpaired) electrons. The maximum absolute atomic E-state index is 5.45. The summed E-state index contributed by atoms with van der Waals surface area (Å²) in [4.78, 5) is 0. The predicted octanol–water partition coefficient (Wildman–Crippen LogP) is 2.76. The first-order valence-corrected chi connectivity index (χ1v) is 6.13. The zero-order valence-electron chi connectivity index (χ0n) is 9.04. The molecule has 2 fully saturated rings. The SMILES string of the molecule is c1noc(C2CCCN2)c1C1CCCC1. The van der Waals surface area contributed by atoms with Crippen LogP contribution < -0.4 is 5.32 Å². The number of hydrogen-bond donors (Lipinski definition) is 1. The molecule has 3 rings (SSSR count). The van der Waals surface area contributed by atoms with Crippen molar-refractivity contribution < 1.29 is 4.52 Å². The van der Waals surface area contributed by atoms with Crippen LogP contribution in [0.15, 0.2) is 10.7 Å². The molecule has 1 saturated heterocycles. The smallest absolute Gasteiger partial charge is 0.157 e. The van der Waals surface area contributed by atoms with Gasteiger partial charge < -0.3 is 9.84 Å². The summed E-state index contributed by atoms with van der Waals surface area (Å²) in [5, 5.41) is 7.49. The molecule has 82 valence electrons. The minimum absolute atomic E-state index is 0.433. The standard InChI is InChI=1S/C12H18N2O/c1-2-5-9(4-1)10-8-14-15-12(10)11-6-3-7-13-11/h8-9,11,13H,1-7H2. The Morgan fingerprint density at radius 3 is 2.80 bits per heavy atom. The average molecular weight is 206 g/mol. The van der Waals surface area contributed by atoms with Crippen molar-refractivity contribution in [2.75, 3.05) is 6.54 Å². The zero-order chi connectivity index (χ0) is 10.1. The van der Waals surface area contributed by atoms with Crippen molar-refractivity contribution in [3.63, 3.8) is 0 Å². The van der Waals surface area contributed by atoms with Gasteiger partial charge in [-0.3, -0.25) is 0 Å². The van der Waals surface area contributed by atoms with Crippen LogP contribution >= 0.6 is 0 Å². The third-order valence-electron chi connectivity index (χ3n) is 3.80. The van der Waals surface area contributed by atoms with Crippen LogP contribution in [0.3, 0.4) is 0 Å². The van der Waals surface area contributed by atoms with Crippen LogP contribution in [0.25, 0.3) is 0 Å². The maximum atomic E-state index is 5.45. The van der Waals surface area contributed by atoms with Crippen molar-refractivity contribution in [2.45, 2.75) is 50.5 Å². The zero-order valence-corrected chi connectivity index (χ0v) is 9.04. The number of aromatic nitrogens is 1. The Hall–Kier alpha value is -0.830. The Morgan fingerprint density at radius 1 is 1.20 bits per heavy atom. The molecule has 3 heteroatoms. The van der Waals surface area contributed by atoms with Crippen LogP contribution in [0.4, 0.5) is 0 Å². The molecule has 0 amide bonds. The lowest BCUT2D eigenvalue weighted by Crippen LogP contribution is -2.14. The molecule has 1 aromatic rings. The molecule has 1 atom stereocenters. The van der Waals surface area contributed by atoms with E-state index in [1.54, 1.807) is 0 Å². The minimum Gasteiger partial charge on any atom is -0.359 e. The second-order valence-electron chi connectivity index (χ2n) is 4.78. The van der Waals surface area contributed by atoms with Crippen LogP contribution in [0.5, 0.6) is 0 Å². The summed E-state index contributed by atoms with van der Waals surface area (Å²) in [5.41, 5.74) is 1.38. The van der Waals surface area contributed by atoms with Gasteiger partial charge in [-0.15, -0.1) is 0 Å². The molecule has 0 aromatic carbocycles.